The van der Waals surface area contributed by atoms with Crippen LogP contribution in [0.2, 0.25) is 0 Å². The van der Waals surface area contributed by atoms with Gasteiger partial charge in [0.2, 0.25) is 11.7 Å². The SMILES string of the molecule is COc1cc(OC)cc(-c2noc([C@@H](C)NC(=O)c3ccc(C(F)(F)F)cc3)n2)c1. The molecule has 10 heteroatoms. The van der Waals surface area contributed by atoms with Crippen molar-refractivity contribution in [2.24, 2.45) is 0 Å². The molecule has 0 radical (unpaired) electrons. The van der Waals surface area contributed by atoms with Gasteiger partial charge in [0.1, 0.15) is 17.5 Å². The molecule has 0 saturated carbocycles. The Morgan fingerprint density at radius 1 is 1.07 bits per heavy atom. The van der Waals surface area contributed by atoms with Gasteiger partial charge in [-0.15, -0.1) is 0 Å². The number of rotatable bonds is 6. The van der Waals surface area contributed by atoms with Gasteiger partial charge in [0.25, 0.3) is 5.91 Å². The predicted octanol–water partition coefficient (Wildman–Crippen LogP) is 4.26. The zero-order chi connectivity index (χ0) is 21.9. The van der Waals surface area contributed by atoms with Gasteiger partial charge in [0, 0.05) is 17.2 Å². The molecule has 1 aromatic heterocycles. The molecule has 1 N–H and O–H groups in total. The Bertz CT molecular complexity index is 1010. The van der Waals surface area contributed by atoms with Gasteiger partial charge in [-0.05, 0) is 43.3 Å². The summed E-state index contributed by atoms with van der Waals surface area (Å²) in [7, 11) is 3.03. The Balaban J connectivity index is 1.73. The highest BCUT2D eigenvalue weighted by Crippen LogP contribution is 2.30. The minimum Gasteiger partial charge on any atom is -0.497 e. The lowest BCUT2D eigenvalue weighted by atomic mass is 10.1. The molecule has 1 heterocycles. The first-order valence-electron chi connectivity index (χ1n) is 8.76. The Kier molecular flexibility index (Phi) is 5.95. The van der Waals surface area contributed by atoms with Crippen molar-refractivity contribution >= 4 is 5.91 Å². The summed E-state index contributed by atoms with van der Waals surface area (Å²) in [6, 6.07) is 8.32. The summed E-state index contributed by atoms with van der Waals surface area (Å²) in [5.41, 5.74) is -0.169. The van der Waals surface area contributed by atoms with Crippen molar-refractivity contribution in [3.63, 3.8) is 0 Å². The van der Waals surface area contributed by atoms with Gasteiger partial charge in [-0.1, -0.05) is 5.16 Å². The summed E-state index contributed by atoms with van der Waals surface area (Å²) in [5.74, 6) is 0.905. The van der Waals surface area contributed by atoms with E-state index in [0.29, 0.717) is 17.1 Å². The first-order valence-corrected chi connectivity index (χ1v) is 8.76. The first-order chi connectivity index (χ1) is 14.2. The largest absolute Gasteiger partial charge is 0.497 e. The van der Waals surface area contributed by atoms with Crippen LogP contribution in [-0.2, 0) is 6.18 Å². The second-order valence-electron chi connectivity index (χ2n) is 6.33. The molecule has 3 rings (SSSR count). The summed E-state index contributed by atoms with van der Waals surface area (Å²) in [5, 5.41) is 6.52. The highest BCUT2D eigenvalue weighted by Gasteiger charge is 2.30. The van der Waals surface area contributed by atoms with E-state index in [-0.39, 0.29) is 17.3 Å². The van der Waals surface area contributed by atoms with Gasteiger partial charge in [-0.25, -0.2) is 0 Å². The first kappa shape index (κ1) is 21.2. The van der Waals surface area contributed by atoms with Crippen LogP contribution in [0.3, 0.4) is 0 Å². The van der Waals surface area contributed by atoms with Crippen LogP contribution in [0.1, 0.15) is 34.8 Å². The Hall–Kier alpha value is -3.56. The Morgan fingerprint density at radius 3 is 2.20 bits per heavy atom. The average Bonchev–Trinajstić information content (AvgIpc) is 3.23. The number of halogens is 3. The van der Waals surface area contributed by atoms with Gasteiger partial charge >= 0.3 is 6.18 Å². The monoisotopic (exact) mass is 421 g/mol. The number of carbonyl (C=O) groups excluding carboxylic acids is 1. The van der Waals surface area contributed by atoms with E-state index in [0.717, 1.165) is 24.3 Å². The zero-order valence-corrected chi connectivity index (χ0v) is 16.3. The van der Waals surface area contributed by atoms with Crippen molar-refractivity contribution in [2.45, 2.75) is 19.1 Å². The van der Waals surface area contributed by atoms with Gasteiger partial charge in [-0.3, -0.25) is 4.79 Å². The Labute approximate surface area is 169 Å². The lowest BCUT2D eigenvalue weighted by Gasteiger charge is -2.11. The fraction of sp³-hybridized carbons (Fsp3) is 0.250. The zero-order valence-electron chi connectivity index (χ0n) is 16.3. The lowest BCUT2D eigenvalue weighted by molar-refractivity contribution is -0.137. The van der Waals surface area contributed by atoms with Crippen molar-refractivity contribution in [1.29, 1.82) is 0 Å². The van der Waals surface area contributed by atoms with E-state index < -0.39 is 23.7 Å². The van der Waals surface area contributed by atoms with Gasteiger partial charge in [0.15, 0.2) is 0 Å². The second-order valence-corrected chi connectivity index (χ2v) is 6.33. The molecule has 0 aliphatic rings. The fourth-order valence-electron chi connectivity index (χ4n) is 2.62. The Morgan fingerprint density at radius 2 is 1.67 bits per heavy atom. The number of amides is 1. The maximum atomic E-state index is 12.6. The molecule has 0 unspecified atom stereocenters. The van der Waals surface area contributed by atoms with E-state index in [2.05, 4.69) is 15.5 Å². The van der Waals surface area contributed by atoms with Crippen molar-refractivity contribution in [3.8, 4) is 22.9 Å². The van der Waals surface area contributed by atoms with Gasteiger partial charge in [0.05, 0.1) is 19.8 Å². The van der Waals surface area contributed by atoms with Crippen LogP contribution in [0.5, 0.6) is 11.5 Å². The van der Waals surface area contributed by atoms with Crippen molar-refractivity contribution < 1.29 is 32.0 Å². The van der Waals surface area contributed by atoms with E-state index in [1.54, 1.807) is 25.1 Å². The summed E-state index contributed by atoms with van der Waals surface area (Å²) in [4.78, 5) is 16.6. The van der Waals surface area contributed by atoms with Crippen molar-refractivity contribution in [2.75, 3.05) is 14.2 Å². The minimum absolute atomic E-state index is 0.0760. The molecular formula is C20H18F3N3O4. The molecule has 1 amide bonds. The van der Waals surface area contributed by atoms with Crippen LogP contribution in [0.25, 0.3) is 11.4 Å². The lowest BCUT2D eigenvalue weighted by Crippen LogP contribution is -2.26. The maximum absolute atomic E-state index is 12.6. The van der Waals surface area contributed by atoms with Crippen molar-refractivity contribution in [1.82, 2.24) is 15.5 Å². The topological polar surface area (TPSA) is 86.5 Å². The molecule has 30 heavy (non-hydrogen) atoms. The quantitative estimate of drug-likeness (QED) is 0.640. The molecule has 3 aromatic rings. The molecule has 158 valence electrons. The van der Waals surface area contributed by atoms with Crippen LogP contribution in [-0.4, -0.2) is 30.3 Å². The number of ether oxygens (including phenoxy) is 2. The number of nitrogens with one attached hydrogen (secondary N) is 1. The van der Waals surface area contributed by atoms with Crippen molar-refractivity contribution in [3.05, 3.63) is 59.5 Å². The standard InChI is InChI=1S/C20H18F3N3O4/c1-11(24-18(27)12-4-6-14(7-5-12)20(21,22)23)19-25-17(26-30-19)13-8-15(28-2)10-16(9-13)29-3/h4-11H,1-3H3,(H,24,27)/t11-/m1/s1. The summed E-state index contributed by atoms with van der Waals surface area (Å²) in [6.07, 6.45) is -4.47. The molecule has 0 bridgehead atoms. The number of methoxy groups -OCH3 is 2. The summed E-state index contributed by atoms with van der Waals surface area (Å²) >= 11 is 0. The van der Waals surface area contributed by atoms with E-state index in [1.165, 1.54) is 14.2 Å². The normalized spacial score (nSPS) is 12.3. The average molecular weight is 421 g/mol. The van der Waals surface area contributed by atoms with E-state index in [4.69, 9.17) is 14.0 Å². The fourth-order valence-corrected chi connectivity index (χ4v) is 2.62. The van der Waals surface area contributed by atoms with Crippen LogP contribution in [0.15, 0.2) is 47.0 Å². The summed E-state index contributed by atoms with van der Waals surface area (Å²) in [6.45, 7) is 1.62. The molecule has 0 fully saturated rings. The van der Waals surface area contributed by atoms with Crippen LogP contribution >= 0.6 is 0 Å². The third kappa shape index (κ3) is 4.70. The van der Waals surface area contributed by atoms with Crippen LogP contribution in [0.4, 0.5) is 13.2 Å². The maximum Gasteiger partial charge on any atom is 0.416 e. The van der Waals surface area contributed by atoms with Gasteiger partial charge in [-0.2, -0.15) is 18.2 Å². The predicted molar refractivity (Wildman–Crippen MR) is 100 cm³/mol. The molecule has 0 saturated heterocycles. The highest BCUT2D eigenvalue weighted by atomic mass is 19.4. The second kappa shape index (κ2) is 8.44. The number of hydrogen-bond acceptors (Lipinski definition) is 6. The number of alkyl halides is 3. The molecule has 7 nitrogen and oxygen atoms in total. The third-order valence-corrected chi connectivity index (χ3v) is 4.24. The summed E-state index contributed by atoms with van der Waals surface area (Å²) < 4.78 is 53.6. The minimum atomic E-state index is -4.47. The number of nitrogens with zero attached hydrogens (tertiary/aromatic N) is 2. The molecule has 0 spiro atoms. The number of carbonyl (C=O) groups is 1. The van der Waals surface area contributed by atoms with E-state index in [9.17, 15) is 18.0 Å². The number of aromatic nitrogens is 2. The van der Waals surface area contributed by atoms with Gasteiger partial charge < -0.3 is 19.3 Å². The molecule has 0 aliphatic carbocycles. The van der Waals surface area contributed by atoms with E-state index in [1.807, 2.05) is 0 Å². The van der Waals surface area contributed by atoms with E-state index >= 15 is 0 Å². The highest BCUT2D eigenvalue weighted by molar-refractivity contribution is 5.94. The molecule has 1 atom stereocenters. The number of hydrogen-bond donors (Lipinski definition) is 1. The molecule has 2 aromatic carbocycles. The molecule has 0 aliphatic heterocycles. The van der Waals surface area contributed by atoms with Crippen LogP contribution < -0.4 is 14.8 Å². The molecular weight excluding hydrogens is 403 g/mol. The van der Waals surface area contributed by atoms with Crippen LogP contribution in [0, 0.1) is 0 Å². The number of benzene rings is 2. The third-order valence-electron chi connectivity index (χ3n) is 4.24. The smallest absolute Gasteiger partial charge is 0.416 e.